The molecule has 4 nitrogen and oxygen atoms in total. The summed E-state index contributed by atoms with van der Waals surface area (Å²) in [7, 11) is 0. The minimum Gasteiger partial charge on any atom is -0.399 e. The molecule has 0 saturated heterocycles. The third-order valence-electron chi connectivity index (χ3n) is 2.54. The van der Waals surface area contributed by atoms with Crippen molar-refractivity contribution in [2.24, 2.45) is 0 Å². The molecule has 4 N–H and O–H groups in total. The highest BCUT2D eigenvalue weighted by atomic mass is 19.4. The molecule has 0 aliphatic rings. The Hall–Kier alpha value is -1.92. The van der Waals surface area contributed by atoms with Crippen molar-refractivity contribution in [3.05, 3.63) is 23.8 Å². The maximum Gasteiger partial charge on any atom is 0.406 e. The first kappa shape index (κ1) is 15.1. The first-order valence-corrected chi connectivity index (χ1v) is 5.64. The fraction of sp³-hybridized carbons (Fsp3) is 0.417. The van der Waals surface area contributed by atoms with E-state index in [4.69, 9.17) is 11.5 Å². The van der Waals surface area contributed by atoms with Crippen molar-refractivity contribution in [3.8, 4) is 0 Å². The lowest BCUT2D eigenvalue weighted by Gasteiger charge is -2.28. The molecule has 0 spiro atoms. The van der Waals surface area contributed by atoms with E-state index in [9.17, 15) is 18.0 Å². The summed E-state index contributed by atoms with van der Waals surface area (Å²) in [5, 5.41) is 0. The zero-order valence-electron chi connectivity index (χ0n) is 10.7. The molecule has 7 heteroatoms. The second-order valence-corrected chi connectivity index (χ2v) is 4.49. The SMILES string of the molecule is CC(C)N(CC(F)(F)F)C(=O)c1ccc(N)cc1N. The molecule has 1 amide bonds. The number of nitrogen functional groups attached to an aromatic ring is 2. The Morgan fingerprint density at radius 3 is 2.32 bits per heavy atom. The largest absolute Gasteiger partial charge is 0.406 e. The minimum atomic E-state index is -4.46. The Labute approximate surface area is 109 Å². The number of nitrogens with zero attached hydrogens (tertiary/aromatic N) is 1. The molecule has 1 aromatic carbocycles. The molecule has 0 bridgehead atoms. The van der Waals surface area contributed by atoms with Crippen LogP contribution in [0.25, 0.3) is 0 Å². The summed E-state index contributed by atoms with van der Waals surface area (Å²) in [4.78, 5) is 12.8. The van der Waals surface area contributed by atoms with Gasteiger partial charge >= 0.3 is 6.18 Å². The summed E-state index contributed by atoms with van der Waals surface area (Å²) < 4.78 is 37.4. The van der Waals surface area contributed by atoms with E-state index in [-0.39, 0.29) is 11.3 Å². The third kappa shape index (κ3) is 4.04. The van der Waals surface area contributed by atoms with Crippen molar-refractivity contribution in [1.82, 2.24) is 4.90 Å². The summed E-state index contributed by atoms with van der Waals surface area (Å²) in [6.45, 7) is 1.71. The van der Waals surface area contributed by atoms with Crippen LogP contribution in [0.3, 0.4) is 0 Å². The van der Waals surface area contributed by atoms with Gasteiger partial charge in [0.25, 0.3) is 5.91 Å². The Morgan fingerprint density at radius 1 is 1.32 bits per heavy atom. The molecule has 0 unspecified atom stereocenters. The van der Waals surface area contributed by atoms with Crippen LogP contribution >= 0.6 is 0 Å². The van der Waals surface area contributed by atoms with Crippen LogP contribution in [-0.4, -0.2) is 29.6 Å². The zero-order valence-corrected chi connectivity index (χ0v) is 10.7. The first-order chi connectivity index (χ1) is 8.61. The van der Waals surface area contributed by atoms with Crippen molar-refractivity contribution >= 4 is 17.3 Å². The number of nitrogens with two attached hydrogens (primary N) is 2. The van der Waals surface area contributed by atoms with Gasteiger partial charge in [0, 0.05) is 17.4 Å². The number of rotatable bonds is 3. The van der Waals surface area contributed by atoms with E-state index in [2.05, 4.69) is 0 Å². The van der Waals surface area contributed by atoms with Crippen LogP contribution in [0.2, 0.25) is 0 Å². The number of hydrogen-bond donors (Lipinski definition) is 2. The number of halogens is 3. The van der Waals surface area contributed by atoms with Crippen LogP contribution in [0.5, 0.6) is 0 Å². The minimum absolute atomic E-state index is 0.0205. The Balaban J connectivity index is 3.06. The van der Waals surface area contributed by atoms with E-state index < -0.39 is 24.7 Å². The molecule has 0 saturated carbocycles. The van der Waals surface area contributed by atoms with E-state index in [0.29, 0.717) is 5.69 Å². The molecule has 0 aliphatic heterocycles. The number of anilines is 2. The van der Waals surface area contributed by atoms with Crippen molar-refractivity contribution in [1.29, 1.82) is 0 Å². The van der Waals surface area contributed by atoms with Crippen molar-refractivity contribution < 1.29 is 18.0 Å². The summed E-state index contributed by atoms with van der Waals surface area (Å²) in [5.41, 5.74) is 11.5. The summed E-state index contributed by atoms with van der Waals surface area (Å²) in [5.74, 6) is -0.759. The lowest BCUT2D eigenvalue weighted by Crippen LogP contribution is -2.43. The monoisotopic (exact) mass is 275 g/mol. The van der Waals surface area contributed by atoms with Gasteiger partial charge in [-0.15, -0.1) is 0 Å². The van der Waals surface area contributed by atoms with Crippen LogP contribution < -0.4 is 11.5 Å². The zero-order chi connectivity index (χ0) is 14.8. The van der Waals surface area contributed by atoms with E-state index in [1.165, 1.54) is 32.0 Å². The molecule has 0 atom stereocenters. The van der Waals surface area contributed by atoms with Gasteiger partial charge in [0.2, 0.25) is 0 Å². The van der Waals surface area contributed by atoms with Crippen LogP contribution in [0, 0.1) is 0 Å². The molecule has 0 aromatic heterocycles. The predicted octanol–water partition coefficient (Wildman–Crippen LogP) is 2.26. The van der Waals surface area contributed by atoms with E-state index in [0.717, 1.165) is 4.90 Å². The quantitative estimate of drug-likeness (QED) is 0.831. The van der Waals surface area contributed by atoms with Gasteiger partial charge in [-0.2, -0.15) is 13.2 Å². The smallest absolute Gasteiger partial charge is 0.399 e. The Morgan fingerprint density at radius 2 is 1.89 bits per heavy atom. The highest BCUT2D eigenvalue weighted by molar-refractivity contribution is 5.99. The normalized spacial score (nSPS) is 11.7. The Bertz CT molecular complexity index is 472. The van der Waals surface area contributed by atoms with Crippen LogP contribution in [0.15, 0.2) is 18.2 Å². The molecule has 19 heavy (non-hydrogen) atoms. The second-order valence-electron chi connectivity index (χ2n) is 4.49. The summed E-state index contributed by atoms with van der Waals surface area (Å²) in [6, 6.07) is 3.51. The van der Waals surface area contributed by atoms with Gasteiger partial charge in [-0.05, 0) is 32.0 Å². The van der Waals surface area contributed by atoms with E-state index in [1.807, 2.05) is 0 Å². The number of carbonyl (C=O) groups excluding carboxylic acids is 1. The fourth-order valence-electron chi connectivity index (χ4n) is 1.61. The van der Waals surface area contributed by atoms with Crippen molar-refractivity contribution in [2.75, 3.05) is 18.0 Å². The van der Waals surface area contributed by atoms with Gasteiger partial charge in [0.15, 0.2) is 0 Å². The molecule has 1 rings (SSSR count). The fourth-order valence-corrected chi connectivity index (χ4v) is 1.61. The highest BCUT2D eigenvalue weighted by Crippen LogP contribution is 2.23. The maximum atomic E-state index is 12.5. The predicted molar refractivity (Wildman–Crippen MR) is 67.5 cm³/mol. The molecular weight excluding hydrogens is 259 g/mol. The van der Waals surface area contributed by atoms with E-state index >= 15 is 0 Å². The average Bonchev–Trinajstić information content (AvgIpc) is 2.23. The number of amides is 1. The van der Waals surface area contributed by atoms with Gasteiger partial charge in [0.05, 0.1) is 5.56 Å². The standard InChI is InChI=1S/C12H16F3N3O/c1-7(2)18(6-12(13,14)15)11(19)9-4-3-8(16)5-10(9)17/h3-5,7H,6,16-17H2,1-2H3. The molecule has 0 radical (unpaired) electrons. The third-order valence-corrected chi connectivity index (χ3v) is 2.54. The lowest BCUT2D eigenvalue weighted by atomic mass is 10.1. The molecule has 0 heterocycles. The number of benzene rings is 1. The molecule has 1 aromatic rings. The lowest BCUT2D eigenvalue weighted by molar-refractivity contribution is -0.143. The number of carbonyl (C=O) groups is 1. The van der Waals surface area contributed by atoms with Crippen molar-refractivity contribution in [3.63, 3.8) is 0 Å². The molecule has 106 valence electrons. The summed E-state index contributed by atoms with van der Waals surface area (Å²) in [6.07, 6.45) is -4.46. The first-order valence-electron chi connectivity index (χ1n) is 5.64. The van der Waals surface area contributed by atoms with Gasteiger partial charge in [-0.25, -0.2) is 0 Å². The molecule has 0 fully saturated rings. The summed E-state index contributed by atoms with van der Waals surface area (Å²) >= 11 is 0. The van der Waals surface area contributed by atoms with Gasteiger partial charge in [-0.3, -0.25) is 4.79 Å². The number of alkyl halides is 3. The van der Waals surface area contributed by atoms with Crippen LogP contribution in [-0.2, 0) is 0 Å². The second kappa shape index (κ2) is 5.38. The Kier molecular flexibility index (Phi) is 4.28. The van der Waals surface area contributed by atoms with Gasteiger partial charge in [-0.1, -0.05) is 0 Å². The van der Waals surface area contributed by atoms with Crippen molar-refractivity contribution in [2.45, 2.75) is 26.1 Å². The van der Waals surface area contributed by atoms with E-state index in [1.54, 1.807) is 0 Å². The highest BCUT2D eigenvalue weighted by Gasteiger charge is 2.35. The van der Waals surface area contributed by atoms with Crippen LogP contribution in [0.4, 0.5) is 24.5 Å². The molecule has 0 aliphatic carbocycles. The van der Waals surface area contributed by atoms with Crippen LogP contribution in [0.1, 0.15) is 24.2 Å². The average molecular weight is 275 g/mol. The topological polar surface area (TPSA) is 72.3 Å². The maximum absolute atomic E-state index is 12.5. The number of hydrogen-bond acceptors (Lipinski definition) is 3. The van der Waals surface area contributed by atoms with Gasteiger partial charge in [0.1, 0.15) is 6.54 Å². The van der Waals surface area contributed by atoms with Gasteiger partial charge < -0.3 is 16.4 Å². The molecular formula is C12H16F3N3O.